The Kier molecular flexibility index (Phi) is 3.72. The van der Waals surface area contributed by atoms with Crippen molar-refractivity contribution < 1.29 is 4.74 Å². The lowest BCUT2D eigenvalue weighted by Crippen LogP contribution is -2.05. The number of ether oxygens (including phenoxy) is 1. The van der Waals surface area contributed by atoms with Crippen molar-refractivity contribution in [3.05, 3.63) is 58.0 Å². The van der Waals surface area contributed by atoms with Gasteiger partial charge in [0.1, 0.15) is 5.75 Å². The van der Waals surface area contributed by atoms with Crippen LogP contribution >= 0.6 is 15.9 Å². The molecule has 0 spiro atoms. The molecule has 21 heavy (non-hydrogen) atoms. The molecule has 0 N–H and O–H groups in total. The number of pyridine rings is 1. The van der Waals surface area contributed by atoms with Gasteiger partial charge in [-0.2, -0.15) is 0 Å². The molecular weight excluding hydrogens is 328 g/mol. The molecule has 0 atom stereocenters. The van der Waals surface area contributed by atoms with E-state index in [1.807, 2.05) is 13.1 Å². The predicted octanol–water partition coefficient (Wildman–Crippen LogP) is 4.47. The monoisotopic (exact) mass is 344 g/mol. The maximum Gasteiger partial charge on any atom is 0.128 e. The molecule has 0 bridgehead atoms. The van der Waals surface area contributed by atoms with E-state index in [9.17, 15) is 0 Å². The molecule has 4 heteroatoms. The zero-order valence-corrected chi connectivity index (χ0v) is 13.9. The maximum absolute atomic E-state index is 5.49. The third-order valence-electron chi connectivity index (χ3n) is 3.81. The summed E-state index contributed by atoms with van der Waals surface area (Å²) in [5, 5.41) is 1.23. The summed E-state index contributed by atoms with van der Waals surface area (Å²) in [5.74, 6) is 0.928. The van der Waals surface area contributed by atoms with Gasteiger partial charge in [0.15, 0.2) is 0 Å². The first-order valence-electron chi connectivity index (χ1n) is 6.83. The number of aryl methyl sites for hydroxylation is 1. The highest BCUT2D eigenvalue weighted by atomic mass is 79.9. The number of hydrogen-bond donors (Lipinski definition) is 0. The molecule has 3 aromatic rings. The number of aromatic nitrogens is 2. The second-order valence-corrected chi connectivity index (χ2v) is 6.11. The van der Waals surface area contributed by atoms with Crippen LogP contribution in [0.4, 0.5) is 0 Å². The minimum Gasteiger partial charge on any atom is -0.496 e. The van der Waals surface area contributed by atoms with E-state index in [1.165, 1.54) is 10.9 Å². The van der Waals surface area contributed by atoms with E-state index in [-0.39, 0.29) is 0 Å². The SMILES string of the molecule is COc1c(C)cnc(Cn2ccc3ccc(Br)cc32)c1C. The second-order valence-electron chi connectivity index (χ2n) is 5.19. The standard InChI is InChI=1S/C17H17BrN2O/c1-11-9-19-15(12(2)17(11)21-3)10-20-7-6-13-4-5-14(18)8-16(13)20/h4-9H,10H2,1-3H3. The molecule has 0 unspecified atom stereocenters. The van der Waals surface area contributed by atoms with Crippen LogP contribution in [0, 0.1) is 13.8 Å². The Labute approximate surface area is 132 Å². The van der Waals surface area contributed by atoms with Gasteiger partial charge in [-0.25, -0.2) is 0 Å². The van der Waals surface area contributed by atoms with Gasteiger partial charge in [-0.3, -0.25) is 4.98 Å². The average Bonchev–Trinajstić information content (AvgIpc) is 2.85. The summed E-state index contributed by atoms with van der Waals surface area (Å²) in [4.78, 5) is 4.58. The van der Waals surface area contributed by atoms with E-state index in [0.29, 0.717) is 0 Å². The van der Waals surface area contributed by atoms with Crippen LogP contribution in [-0.4, -0.2) is 16.7 Å². The molecule has 0 saturated heterocycles. The summed E-state index contributed by atoms with van der Waals surface area (Å²) in [7, 11) is 1.71. The van der Waals surface area contributed by atoms with Crippen LogP contribution < -0.4 is 4.74 Å². The normalized spacial score (nSPS) is 11.0. The quantitative estimate of drug-likeness (QED) is 0.700. The topological polar surface area (TPSA) is 27.1 Å². The van der Waals surface area contributed by atoms with Crippen molar-refractivity contribution in [3.63, 3.8) is 0 Å². The second kappa shape index (κ2) is 5.53. The Morgan fingerprint density at radius 3 is 2.81 bits per heavy atom. The number of hydrogen-bond acceptors (Lipinski definition) is 2. The van der Waals surface area contributed by atoms with E-state index in [4.69, 9.17) is 4.74 Å². The molecule has 0 saturated carbocycles. The van der Waals surface area contributed by atoms with E-state index in [0.717, 1.165) is 33.6 Å². The van der Waals surface area contributed by atoms with Gasteiger partial charge in [0.25, 0.3) is 0 Å². The van der Waals surface area contributed by atoms with E-state index < -0.39 is 0 Å². The number of nitrogens with zero attached hydrogens (tertiary/aromatic N) is 2. The van der Waals surface area contributed by atoms with Crippen LogP contribution in [0.1, 0.15) is 16.8 Å². The fourth-order valence-electron chi connectivity index (χ4n) is 2.69. The number of halogens is 1. The van der Waals surface area contributed by atoms with Gasteiger partial charge in [0, 0.05) is 33.5 Å². The van der Waals surface area contributed by atoms with Crippen LogP contribution in [0.25, 0.3) is 10.9 Å². The molecule has 3 nitrogen and oxygen atoms in total. The third kappa shape index (κ3) is 2.56. The smallest absolute Gasteiger partial charge is 0.128 e. The van der Waals surface area contributed by atoms with Crippen molar-refractivity contribution in [1.82, 2.24) is 9.55 Å². The van der Waals surface area contributed by atoms with Crippen molar-refractivity contribution in [2.75, 3.05) is 7.11 Å². The molecule has 2 aromatic heterocycles. The number of fused-ring (bicyclic) bond motifs is 1. The van der Waals surface area contributed by atoms with E-state index in [2.05, 4.69) is 62.9 Å². The summed E-state index contributed by atoms with van der Waals surface area (Å²) in [6.07, 6.45) is 3.98. The average molecular weight is 345 g/mol. The zero-order chi connectivity index (χ0) is 15.0. The van der Waals surface area contributed by atoms with Crippen molar-refractivity contribution in [2.45, 2.75) is 20.4 Å². The molecule has 3 rings (SSSR count). The highest BCUT2D eigenvalue weighted by molar-refractivity contribution is 9.10. The lowest BCUT2D eigenvalue weighted by Gasteiger charge is -2.13. The summed E-state index contributed by atoms with van der Waals surface area (Å²) < 4.78 is 8.78. The molecule has 0 aliphatic carbocycles. The van der Waals surface area contributed by atoms with Crippen LogP contribution in [0.3, 0.4) is 0 Å². The summed E-state index contributed by atoms with van der Waals surface area (Å²) in [6, 6.07) is 8.44. The summed E-state index contributed by atoms with van der Waals surface area (Å²) in [6.45, 7) is 4.82. The largest absolute Gasteiger partial charge is 0.496 e. The molecule has 2 heterocycles. The van der Waals surface area contributed by atoms with Crippen LogP contribution in [0.2, 0.25) is 0 Å². The number of methoxy groups -OCH3 is 1. The molecule has 1 aromatic carbocycles. The Bertz CT molecular complexity index is 808. The zero-order valence-electron chi connectivity index (χ0n) is 12.4. The van der Waals surface area contributed by atoms with Gasteiger partial charge in [0.2, 0.25) is 0 Å². The van der Waals surface area contributed by atoms with E-state index >= 15 is 0 Å². The van der Waals surface area contributed by atoms with E-state index in [1.54, 1.807) is 7.11 Å². The van der Waals surface area contributed by atoms with Gasteiger partial charge in [-0.1, -0.05) is 22.0 Å². The van der Waals surface area contributed by atoms with Gasteiger partial charge in [0.05, 0.1) is 19.3 Å². The van der Waals surface area contributed by atoms with Gasteiger partial charge >= 0.3 is 0 Å². The van der Waals surface area contributed by atoms with Crippen LogP contribution in [0.15, 0.2) is 41.1 Å². The van der Waals surface area contributed by atoms with Crippen LogP contribution in [0.5, 0.6) is 5.75 Å². The van der Waals surface area contributed by atoms with Crippen LogP contribution in [-0.2, 0) is 6.54 Å². The summed E-state index contributed by atoms with van der Waals surface area (Å²) in [5.41, 5.74) is 4.41. The molecular formula is C17H17BrN2O. The van der Waals surface area contributed by atoms with Crippen molar-refractivity contribution in [1.29, 1.82) is 0 Å². The molecule has 0 aliphatic rings. The maximum atomic E-state index is 5.49. The Morgan fingerprint density at radius 2 is 2.05 bits per heavy atom. The highest BCUT2D eigenvalue weighted by Crippen LogP contribution is 2.26. The lowest BCUT2D eigenvalue weighted by molar-refractivity contribution is 0.406. The van der Waals surface area contributed by atoms with Crippen molar-refractivity contribution in [3.8, 4) is 5.75 Å². The van der Waals surface area contributed by atoms with Gasteiger partial charge in [-0.15, -0.1) is 0 Å². The highest BCUT2D eigenvalue weighted by Gasteiger charge is 2.11. The molecule has 0 aliphatic heterocycles. The fourth-order valence-corrected chi connectivity index (χ4v) is 3.04. The minimum atomic E-state index is 0.739. The Hall–Kier alpha value is -1.81. The first-order chi connectivity index (χ1) is 10.1. The molecule has 108 valence electrons. The number of rotatable bonds is 3. The molecule has 0 amide bonds. The van der Waals surface area contributed by atoms with Gasteiger partial charge < -0.3 is 9.30 Å². The van der Waals surface area contributed by atoms with Crippen molar-refractivity contribution >= 4 is 26.8 Å². The van der Waals surface area contributed by atoms with Crippen molar-refractivity contribution in [2.24, 2.45) is 0 Å². The molecule has 0 fully saturated rings. The fraction of sp³-hybridized carbons (Fsp3) is 0.235. The first kappa shape index (κ1) is 14.1. The Balaban J connectivity index is 2.05. The summed E-state index contributed by atoms with van der Waals surface area (Å²) >= 11 is 3.53. The first-order valence-corrected chi connectivity index (χ1v) is 7.63. The predicted molar refractivity (Wildman–Crippen MR) is 89.0 cm³/mol. The number of benzene rings is 1. The Morgan fingerprint density at radius 1 is 1.24 bits per heavy atom. The van der Waals surface area contributed by atoms with Gasteiger partial charge in [-0.05, 0) is 37.4 Å². The lowest BCUT2D eigenvalue weighted by atomic mass is 10.1. The third-order valence-corrected chi connectivity index (χ3v) is 4.30. The minimum absolute atomic E-state index is 0.739. The molecule has 0 radical (unpaired) electrons.